The highest BCUT2D eigenvalue weighted by Gasteiger charge is 2.33. The van der Waals surface area contributed by atoms with Gasteiger partial charge in [-0.2, -0.15) is 5.26 Å². The molecule has 0 aliphatic carbocycles. The number of nitrogens with zero attached hydrogens (tertiary/aromatic N) is 3. The van der Waals surface area contributed by atoms with Crippen LogP contribution in [0.1, 0.15) is 33.3 Å². The van der Waals surface area contributed by atoms with Gasteiger partial charge in [-0.25, -0.2) is 0 Å². The van der Waals surface area contributed by atoms with Crippen molar-refractivity contribution in [3.8, 4) is 17.3 Å². The Hall–Kier alpha value is -3.36. The van der Waals surface area contributed by atoms with Gasteiger partial charge in [0.1, 0.15) is 23.1 Å². The maximum atomic E-state index is 13.3. The Kier molecular flexibility index (Phi) is 4.27. The first-order valence-electron chi connectivity index (χ1n) is 8.32. The first-order chi connectivity index (χ1) is 13.1. The molecule has 0 saturated carbocycles. The number of hydrogen-bond donors (Lipinski definition) is 0. The van der Waals surface area contributed by atoms with Crippen LogP contribution in [0.3, 0.4) is 0 Å². The summed E-state index contributed by atoms with van der Waals surface area (Å²) < 4.78 is 5.29. The van der Waals surface area contributed by atoms with Gasteiger partial charge in [-0.1, -0.05) is 59.2 Å². The van der Waals surface area contributed by atoms with E-state index in [0.29, 0.717) is 27.6 Å². The number of hydrogen-bond acceptors (Lipinski definition) is 4. The number of carbonyl (C=O) groups excluding carboxylic acids is 1. The molecule has 1 aliphatic heterocycles. The number of carbonyl (C=O) groups is 1. The summed E-state index contributed by atoms with van der Waals surface area (Å²) in [4.78, 5) is 14.8. The number of aromatic nitrogens is 1. The Bertz CT molecular complexity index is 1110. The van der Waals surface area contributed by atoms with Crippen molar-refractivity contribution in [3.63, 3.8) is 0 Å². The molecule has 1 unspecified atom stereocenters. The standard InChI is InChI=1S/C21H14ClN3O2/c1-13-19(20(24-27-13)16-8-4-5-9-17(16)22)21(26)25-11-10-14-6-2-3-7-15(14)18(25)12-23/h2-11,18H,1H3. The Labute approximate surface area is 161 Å². The zero-order valence-electron chi connectivity index (χ0n) is 14.4. The Morgan fingerprint density at radius 1 is 1.22 bits per heavy atom. The number of amides is 1. The minimum absolute atomic E-state index is 0.299. The molecule has 132 valence electrons. The van der Waals surface area contributed by atoms with Gasteiger partial charge < -0.3 is 4.52 Å². The smallest absolute Gasteiger partial charge is 0.265 e. The molecule has 1 amide bonds. The van der Waals surface area contributed by atoms with Crippen LogP contribution in [0.15, 0.2) is 59.3 Å². The van der Waals surface area contributed by atoms with Crippen molar-refractivity contribution in [2.75, 3.05) is 0 Å². The molecule has 0 N–H and O–H groups in total. The Morgan fingerprint density at radius 2 is 1.96 bits per heavy atom. The molecule has 5 nitrogen and oxygen atoms in total. The lowest BCUT2D eigenvalue weighted by molar-refractivity contribution is 0.0793. The number of rotatable bonds is 2. The molecule has 1 aliphatic rings. The van der Waals surface area contributed by atoms with Gasteiger partial charge in [-0.05, 0) is 30.2 Å². The number of fused-ring (bicyclic) bond motifs is 1. The van der Waals surface area contributed by atoms with Gasteiger partial charge in [-0.15, -0.1) is 0 Å². The van der Waals surface area contributed by atoms with Crippen molar-refractivity contribution in [3.05, 3.63) is 82.2 Å². The molecular formula is C21H14ClN3O2. The van der Waals surface area contributed by atoms with Crippen molar-refractivity contribution in [2.45, 2.75) is 13.0 Å². The third-order valence-electron chi connectivity index (χ3n) is 4.55. The topological polar surface area (TPSA) is 70.1 Å². The predicted molar refractivity (Wildman–Crippen MR) is 102 cm³/mol. The molecule has 4 rings (SSSR count). The second-order valence-electron chi connectivity index (χ2n) is 6.13. The van der Waals surface area contributed by atoms with Gasteiger partial charge in [0.25, 0.3) is 5.91 Å². The van der Waals surface area contributed by atoms with Crippen LogP contribution < -0.4 is 0 Å². The number of halogens is 1. The summed E-state index contributed by atoms with van der Waals surface area (Å²) in [6.07, 6.45) is 3.44. The van der Waals surface area contributed by atoms with E-state index in [4.69, 9.17) is 16.1 Å². The van der Waals surface area contributed by atoms with Crippen LogP contribution >= 0.6 is 11.6 Å². The molecule has 27 heavy (non-hydrogen) atoms. The lowest BCUT2D eigenvalue weighted by Gasteiger charge is -2.28. The fourth-order valence-electron chi connectivity index (χ4n) is 3.22. The second kappa shape index (κ2) is 6.75. The number of aryl methyl sites for hydroxylation is 1. The highest BCUT2D eigenvalue weighted by Crippen LogP contribution is 2.35. The van der Waals surface area contributed by atoms with E-state index in [1.807, 2.05) is 36.4 Å². The van der Waals surface area contributed by atoms with Gasteiger partial charge in [0.05, 0.1) is 11.1 Å². The molecule has 2 aromatic carbocycles. The largest absolute Gasteiger partial charge is 0.360 e. The highest BCUT2D eigenvalue weighted by molar-refractivity contribution is 6.33. The van der Waals surface area contributed by atoms with Crippen LogP contribution in [0.2, 0.25) is 5.02 Å². The lowest BCUT2D eigenvalue weighted by atomic mass is 9.96. The molecule has 1 aromatic heterocycles. The predicted octanol–water partition coefficient (Wildman–Crippen LogP) is 4.99. The van der Waals surface area contributed by atoms with Crippen molar-refractivity contribution in [1.82, 2.24) is 10.1 Å². The third-order valence-corrected chi connectivity index (χ3v) is 4.88. The lowest BCUT2D eigenvalue weighted by Crippen LogP contribution is -2.32. The SMILES string of the molecule is Cc1onc(-c2ccccc2Cl)c1C(=O)N1C=Cc2ccccc2C1C#N. The Balaban J connectivity index is 1.80. The molecule has 2 heterocycles. The van der Waals surface area contributed by atoms with E-state index in [1.54, 1.807) is 31.3 Å². The van der Waals surface area contributed by atoms with E-state index in [0.717, 1.165) is 11.1 Å². The molecule has 0 spiro atoms. The van der Waals surface area contributed by atoms with Gasteiger partial charge in [-0.3, -0.25) is 9.69 Å². The van der Waals surface area contributed by atoms with Gasteiger partial charge in [0, 0.05) is 11.8 Å². The van der Waals surface area contributed by atoms with E-state index < -0.39 is 6.04 Å². The fourth-order valence-corrected chi connectivity index (χ4v) is 3.44. The normalized spacial score (nSPS) is 15.3. The van der Waals surface area contributed by atoms with Crippen LogP contribution in [-0.2, 0) is 0 Å². The summed E-state index contributed by atoms with van der Waals surface area (Å²) in [5.74, 6) is 0.0137. The molecule has 0 radical (unpaired) electrons. The minimum Gasteiger partial charge on any atom is -0.360 e. The monoisotopic (exact) mass is 375 g/mol. The summed E-state index contributed by atoms with van der Waals surface area (Å²) in [7, 11) is 0. The van der Waals surface area contributed by atoms with Crippen molar-refractivity contribution >= 4 is 23.6 Å². The molecule has 1 atom stereocenters. The average molecular weight is 376 g/mol. The van der Waals surface area contributed by atoms with E-state index in [2.05, 4.69) is 11.2 Å². The summed E-state index contributed by atoms with van der Waals surface area (Å²) in [6.45, 7) is 1.67. The summed E-state index contributed by atoms with van der Waals surface area (Å²) in [5, 5.41) is 14.2. The molecule has 6 heteroatoms. The summed E-state index contributed by atoms with van der Waals surface area (Å²) >= 11 is 6.28. The first kappa shape index (κ1) is 17.1. The van der Waals surface area contributed by atoms with E-state index in [1.165, 1.54) is 4.90 Å². The van der Waals surface area contributed by atoms with E-state index in [9.17, 15) is 10.1 Å². The molecule has 0 fully saturated rings. The third kappa shape index (κ3) is 2.80. The van der Waals surface area contributed by atoms with Crippen molar-refractivity contribution in [1.29, 1.82) is 5.26 Å². The maximum Gasteiger partial charge on any atom is 0.265 e. The molecule has 0 bridgehead atoms. The van der Waals surface area contributed by atoms with Gasteiger partial charge in [0.15, 0.2) is 0 Å². The van der Waals surface area contributed by atoms with Gasteiger partial charge in [0.2, 0.25) is 0 Å². The molecule has 0 saturated heterocycles. The summed E-state index contributed by atoms with van der Waals surface area (Å²) in [5.41, 5.74) is 2.97. The number of nitriles is 1. The second-order valence-corrected chi connectivity index (χ2v) is 6.54. The zero-order chi connectivity index (χ0) is 19.0. The van der Waals surface area contributed by atoms with Crippen molar-refractivity contribution < 1.29 is 9.32 Å². The fraction of sp³-hybridized carbons (Fsp3) is 0.0952. The van der Waals surface area contributed by atoms with E-state index in [-0.39, 0.29) is 5.91 Å². The van der Waals surface area contributed by atoms with Crippen LogP contribution in [0, 0.1) is 18.3 Å². The highest BCUT2D eigenvalue weighted by atomic mass is 35.5. The first-order valence-corrected chi connectivity index (χ1v) is 8.70. The zero-order valence-corrected chi connectivity index (χ0v) is 15.1. The van der Waals surface area contributed by atoms with Crippen LogP contribution in [0.25, 0.3) is 17.3 Å². The maximum absolute atomic E-state index is 13.3. The summed E-state index contributed by atoms with van der Waals surface area (Å²) in [6, 6.07) is 16.1. The minimum atomic E-state index is -0.730. The van der Waals surface area contributed by atoms with Crippen LogP contribution in [-0.4, -0.2) is 16.0 Å². The van der Waals surface area contributed by atoms with Crippen LogP contribution in [0.5, 0.6) is 0 Å². The van der Waals surface area contributed by atoms with Crippen LogP contribution in [0.4, 0.5) is 0 Å². The molecule has 3 aromatic rings. The van der Waals surface area contributed by atoms with E-state index >= 15 is 0 Å². The van der Waals surface area contributed by atoms with Gasteiger partial charge >= 0.3 is 0 Å². The average Bonchev–Trinajstić information content (AvgIpc) is 3.08. The Morgan fingerprint density at radius 3 is 2.74 bits per heavy atom. The van der Waals surface area contributed by atoms with Crippen molar-refractivity contribution in [2.24, 2.45) is 0 Å². The quantitative estimate of drug-likeness (QED) is 0.632. The molecular weight excluding hydrogens is 362 g/mol. The number of benzene rings is 2.